The lowest BCUT2D eigenvalue weighted by Gasteiger charge is -2.26. The number of nitrogens with one attached hydrogen (secondary N) is 1. The molecule has 5 heteroatoms. The first-order chi connectivity index (χ1) is 11.6. The van der Waals surface area contributed by atoms with Crippen LogP contribution in [0.5, 0.6) is 0 Å². The van der Waals surface area contributed by atoms with E-state index in [4.69, 9.17) is 0 Å². The van der Waals surface area contributed by atoms with Crippen molar-refractivity contribution in [2.24, 2.45) is 0 Å². The molecule has 1 aliphatic rings. The molecule has 24 heavy (non-hydrogen) atoms. The molecule has 1 fully saturated rings. The van der Waals surface area contributed by atoms with Crippen LogP contribution in [-0.2, 0) is 0 Å². The molecule has 0 atom stereocenters. The number of carbonyl (C=O) groups excluding carboxylic acids is 1. The van der Waals surface area contributed by atoms with Crippen LogP contribution < -0.4 is 10.2 Å². The molecule has 1 N–H and O–H groups in total. The second-order valence-corrected chi connectivity index (χ2v) is 6.42. The fourth-order valence-electron chi connectivity index (χ4n) is 3.00. The van der Waals surface area contributed by atoms with E-state index >= 15 is 0 Å². The van der Waals surface area contributed by atoms with Crippen molar-refractivity contribution >= 4 is 17.5 Å². The van der Waals surface area contributed by atoms with Crippen LogP contribution >= 0.6 is 0 Å². The molecule has 5 nitrogen and oxygen atoms in total. The van der Waals surface area contributed by atoms with Crippen LogP contribution in [0.25, 0.3) is 0 Å². The van der Waals surface area contributed by atoms with E-state index in [9.17, 15) is 4.79 Å². The topological polar surface area (TPSA) is 58.1 Å². The molecule has 0 aliphatic carbocycles. The van der Waals surface area contributed by atoms with Crippen LogP contribution in [0.3, 0.4) is 0 Å². The van der Waals surface area contributed by atoms with Gasteiger partial charge in [-0.3, -0.25) is 4.79 Å². The Kier molecular flexibility index (Phi) is 4.79. The highest BCUT2D eigenvalue weighted by Crippen LogP contribution is 2.20. The zero-order valence-corrected chi connectivity index (χ0v) is 14.6. The van der Waals surface area contributed by atoms with Crippen molar-refractivity contribution in [3.05, 3.63) is 46.8 Å². The Labute approximate surface area is 143 Å². The van der Waals surface area contributed by atoms with Crippen molar-refractivity contribution in [3.8, 4) is 0 Å². The molecule has 0 radical (unpaired) electrons. The average Bonchev–Trinajstić information content (AvgIpc) is 2.59. The summed E-state index contributed by atoms with van der Waals surface area (Å²) in [5.41, 5.74) is 4.31. The standard InChI is InChI=1S/C19H24N4O/c1-13-8-7-9-17(14(13)2)22-18(24)16-12-20-19(21-15(16)3)23-10-5-4-6-11-23/h7-9,12H,4-6,10-11H2,1-3H3,(H,22,24). The molecule has 1 aromatic carbocycles. The van der Waals surface area contributed by atoms with E-state index in [-0.39, 0.29) is 5.91 Å². The number of amides is 1. The molecule has 3 rings (SSSR count). The monoisotopic (exact) mass is 324 g/mol. The van der Waals surface area contributed by atoms with E-state index < -0.39 is 0 Å². The third kappa shape index (κ3) is 3.40. The van der Waals surface area contributed by atoms with Gasteiger partial charge in [-0.1, -0.05) is 12.1 Å². The van der Waals surface area contributed by atoms with Crippen molar-refractivity contribution < 1.29 is 4.79 Å². The second kappa shape index (κ2) is 6.99. The summed E-state index contributed by atoms with van der Waals surface area (Å²) >= 11 is 0. The Balaban J connectivity index is 1.78. The second-order valence-electron chi connectivity index (χ2n) is 6.42. The Morgan fingerprint density at radius 2 is 1.88 bits per heavy atom. The van der Waals surface area contributed by atoms with E-state index in [0.29, 0.717) is 11.3 Å². The van der Waals surface area contributed by atoms with Gasteiger partial charge in [0.05, 0.1) is 11.3 Å². The number of aromatic nitrogens is 2. The van der Waals surface area contributed by atoms with Gasteiger partial charge in [-0.05, 0) is 57.2 Å². The predicted octanol–water partition coefficient (Wildman–Crippen LogP) is 3.64. The third-order valence-corrected chi connectivity index (χ3v) is 4.70. The summed E-state index contributed by atoms with van der Waals surface area (Å²) in [7, 11) is 0. The summed E-state index contributed by atoms with van der Waals surface area (Å²) in [4.78, 5) is 23.8. The molecule has 0 saturated carbocycles. The fourth-order valence-corrected chi connectivity index (χ4v) is 3.00. The zero-order chi connectivity index (χ0) is 17.1. The van der Waals surface area contributed by atoms with Crippen molar-refractivity contribution in [1.82, 2.24) is 9.97 Å². The van der Waals surface area contributed by atoms with Gasteiger partial charge in [0, 0.05) is 25.0 Å². The number of carbonyl (C=O) groups is 1. The zero-order valence-electron chi connectivity index (χ0n) is 14.6. The van der Waals surface area contributed by atoms with E-state index in [0.717, 1.165) is 35.9 Å². The van der Waals surface area contributed by atoms with E-state index in [1.807, 2.05) is 39.0 Å². The summed E-state index contributed by atoms with van der Waals surface area (Å²) in [6.07, 6.45) is 5.27. The maximum Gasteiger partial charge on any atom is 0.259 e. The molecule has 1 aromatic heterocycles. The highest BCUT2D eigenvalue weighted by atomic mass is 16.1. The van der Waals surface area contributed by atoms with Crippen molar-refractivity contribution in [2.75, 3.05) is 23.3 Å². The van der Waals surface area contributed by atoms with Gasteiger partial charge in [-0.25, -0.2) is 9.97 Å². The van der Waals surface area contributed by atoms with Crippen molar-refractivity contribution in [2.45, 2.75) is 40.0 Å². The Bertz CT molecular complexity index is 751. The van der Waals surface area contributed by atoms with Gasteiger partial charge < -0.3 is 10.2 Å². The average molecular weight is 324 g/mol. The van der Waals surface area contributed by atoms with E-state index in [1.54, 1.807) is 6.20 Å². The minimum absolute atomic E-state index is 0.161. The fraction of sp³-hybridized carbons (Fsp3) is 0.421. The molecular weight excluding hydrogens is 300 g/mol. The number of piperidine rings is 1. The molecule has 1 saturated heterocycles. The van der Waals surface area contributed by atoms with Gasteiger partial charge in [-0.2, -0.15) is 0 Å². The SMILES string of the molecule is Cc1cccc(NC(=O)c2cnc(N3CCCCC3)nc2C)c1C. The first-order valence-electron chi connectivity index (χ1n) is 8.52. The highest BCUT2D eigenvalue weighted by molar-refractivity contribution is 6.05. The summed E-state index contributed by atoms with van der Waals surface area (Å²) < 4.78 is 0. The summed E-state index contributed by atoms with van der Waals surface area (Å²) in [6.45, 7) is 7.90. The lowest BCUT2D eigenvalue weighted by molar-refractivity contribution is 0.102. The van der Waals surface area contributed by atoms with Crippen LogP contribution in [0.15, 0.2) is 24.4 Å². The minimum atomic E-state index is -0.161. The smallest absolute Gasteiger partial charge is 0.259 e. The largest absolute Gasteiger partial charge is 0.341 e. The lowest BCUT2D eigenvalue weighted by Crippen LogP contribution is -2.31. The lowest BCUT2D eigenvalue weighted by atomic mass is 10.1. The molecule has 1 aliphatic heterocycles. The van der Waals surface area contributed by atoms with Gasteiger partial charge >= 0.3 is 0 Å². The first-order valence-corrected chi connectivity index (χ1v) is 8.52. The van der Waals surface area contributed by atoms with Gasteiger partial charge in [0.2, 0.25) is 5.95 Å². The van der Waals surface area contributed by atoms with Crippen LogP contribution in [-0.4, -0.2) is 29.0 Å². The normalized spacial score (nSPS) is 14.5. The molecule has 0 unspecified atom stereocenters. The van der Waals surface area contributed by atoms with Crippen LogP contribution in [0.1, 0.15) is 46.4 Å². The van der Waals surface area contributed by atoms with Crippen molar-refractivity contribution in [1.29, 1.82) is 0 Å². The summed E-state index contributed by atoms with van der Waals surface area (Å²) in [5.74, 6) is 0.571. The van der Waals surface area contributed by atoms with Crippen LogP contribution in [0, 0.1) is 20.8 Å². The quantitative estimate of drug-likeness (QED) is 0.936. The maximum absolute atomic E-state index is 12.6. The number of anilines is 2. The minimum Gasteiger partial charge on any atom is -0.341 e. The summed E-state index contributed by atoms with van der Waals surface area (Å²) in [6, 6.07) is 5.89. The number of aryl methyl sites for hydroxylation is 2. The number of hydrogen-bond acceptors (Lipinski definition) is 4. The van der Waals surface area contributed by atoms with E-state index in [2.05, 4.69) is 20.2 Å². The number of nitrogens with zero attached hydrogens (tertiary/aromatic N) is 3. The number of benzene rings is 1. The maximum atomic E-state index is 12.6. The molecule has 0 bridgehead atoms. The predicted molar refractivity (Wildman–Crippen MR) is 96.7 cm³/mol. The van der Waals surface area contributed by atoms with Gasteiger partial charge in [0.25, 0.3) is 5.91 Å². The van der Waals surface area contributed by atoms with Crippen LogP contribution in [0.2, 0.25) is 0 Å². The van der Waals surface area contributed by atoms with Crippen LogP contribution in [0.4, 0.5) is 11.6 Å². The molecule has 2 heterocycles. The van der Waals surface area contributed by atoms with Gasteiger partial charge in [0.1, 0.15) is 0 Å². The molecule has 2 aromatic rings. The van der Waals surface area contributed by atoms with Gasteiger partial charge in [0.15, 0.2) is 0 Å². The molecule has 126 valence electrons. The molecular formula is C19H24N4O. The Morgan fingerprint density at radius 3 is 2.58 bits per heavy atom. The number of rotatable bonds is 3. The molecule has 0 spiro atoms. The Morgan fingerprint density at radius 1 is 1.12 bits per heavy atom. The Hall–Kier alpha value is -2.43. The third-order valence-electron chi connectivity index (χ3n) is 4.70. The van der Waals surface area contributed by atoms with E-state index in [1.165, 1.54) is 19.3 Å². The van der Waals surface area contributed by atoms with Gasteiger partial charge in [-0.15, -0.1) is 0 Å². The first kappa shape index (κ1) is 16.4. The number of hydrogen-bond donors (Lipinski definition) is 1. The highest BCUT2D eigenvalue weighted by Gasteiger charge is 2.17. The van der Waals surface area contributed by atoms with Crippen molar-refractivity contribution in [3.63, 3.8) is 0 Å². The summed E-state index contributed by atoms with van der Waals surface area (Å²) in [5, 5.41) is 2.97. The molecule has 1 amide bonds.